The molecule has 0 aliphatic heterocycles. The number of hydrogen-bond donors (Lipinski definition) is 2. The molecular weight excluding hydrogens is 296 g/mol. The first kappa shape index (κ1) is 16.7. The van der Waals surface area contributed by atoms with Gasteiger partial charge in [-0.15, -0.1) is 0 Å². The van der Waals surface area contributed by atoms with Crippen molar-refractivity contribution in [2.75, 3.05) is 13.7 Å². The van der Waals surface area contributed by atoms with Gasteiger partial charge in [0, 0.05) is 0 Å². The smallest absolute Gasteiger partial charge is 0.329 e. The Balaban J connectivity index is 2.70. The molecule has 0 aliphatic rings. The van der Waals surface area contributed by atoms with E-state index in [1.165, 1.54) is 13.0 Å². The highest BCUT2D eigenvalue weighted by Crippen LogP contribution is 2.10. The Labute approximate surface area is 123 Å². The first-order valence-electron chi connectivity index (χ1n) is 5.96. The molecule has 1 rings (SSSR count). The molecule has 0 unspecified atom stereocenters. The fourth-order valence-corrected chi connectivity index (χ4v) is 2.09. The summed E-state index contributed by atoms with van der Waals surface area (Å²) >= 11 is 0. The maximum atomic E-state index is 11.9. The molecule has 21 heavy (non-hydrogen) atoms. The van der Waals surface area contributed by atoms with E-state index in [1.54, 1.807) is 35.1 Å². The second-order valence-corrected chi connectivity index (χ2v) is 5.88. The summed E-state index contributed by atoms with van der Waals surface area (Å²) in [4.78, 5) is 22.2. The summed E-state index contributed by atoms with van der Waals surface area (Å²) < 4.78 is 29.9. The van der Waals surface area contributed by atoms with Gasteiger partial charge in [-0.25, -0.2) is 17.9 Å². The van der Waals surface area contributed by atoms with Crippen molar-refractivity contribution < 1.29 is 22.7 Å². The lowest BCUT2D eigenvalue weighted by atomic mass is 10.2. The van der Waals surface area contributed by atoms with E-state index < -0.39 is 28.6 Å². The van der Waals surface area contributed by atoms with Gasteiger partial charge in [-0.1, -0.05) is 30.3 Å². The molecule has 0 fully saturated rings. The molecule has 0 heterocycles. The van der Waals surface area contributed by atoms with E-state index in [-0.39, 0.29) is 4.91 Å². The van der Waals surface area contributed by atoms with Gasteiger partial charge in [0.2, 0.25) is 0 Å². The molecule has 8 heteroatoms. The molecule has 7 nitrogen and oxygen atoms in total. The molecule has 114 valence electrons. The molecule has 2 amide bonds. The minimum absolute atomic E-state index is 0.0260. The number of carbonyl (C=O) groups excluding carboxylic acids is 2. The van der Waals surface area contributed by atoms with Gasteiger partial charge < -0.3 is 10.1 Å². The lowest BCUT2D eigenvalue weighted by Crippen LogP contribution is -2.41. The maximum absolute atomic E-state index is 11.9. The lowest BCUT2D eigenvalue weighted by molar-refractivity contribution is -0.139. The number of rotatable bonds is 5. The fourth-order valence-electron chi connectivity index (χ4n) is 1.32. The van der Waals surface area contributed by atoms with Crippen LogP contribution in [0.1, 0.15) is 12.5 Å². The van der Waals surface area contributed by atoms with Crippen LogP contribution in [0.3, 0.4) is 0 Å². The van der Waals surface area contributed by atoms with E-state index in [2.05, 4.69) is 10.1 Å². The van der Waals surface area contributed by atoms with Crippen LogP contribution >= 0.6 is 0 Å². The molecule has 1 aromatic rings. The van der Waals surface area contributed by atoms with Crippen molar-refractivity contribution in [1.29, 1.82) is 0 Å². The van der Waals surface area contributed by atoms with Crippen molar-refractivity contribution in [1.82, 2.24) is 10.0 Å². The highest BCUT2D eigenvalue weighted by molar-refractivity contribution is 7.94. The summed E-state index contributed by atoms with van der Waals surface area (Å²) in [6.07, 6.45) is 1.43. The zero-order valence-corrected chi connectivity index (χ0v) is 12.4. The van der Waals surface area contributed by atoms with E-state index in [1.807, 2.05) is 0 Å². The van der Waals surface area contributed by atoms with E-state index in [9.17, 15) is 18.0 Å². The predicted octanol–water partition coefficient (Wildman–Crippen LogP) is 0.849. The number of allylic oxidation sites excluding steroid dienone is 1. The minimum atomic E-state index is -3.97. The monoisotopic (exact) mass is 312 g/mol. The number of ether oxygens (including phenoxy) is 1. The highest BCUT2D eigenvalue weighted by atomic mass is 32.2. The van der Waals surface area contributed by atoms with Gasteiger partial charge in [0.05, 0.1) is 12.0 Å². The summed E-state index contributed by atoms with van der Waals surface area (Å²) in [5, 5.41) is 2.08. The first-order chi connectivity index (χ1) is 9.85. The molecular formula is C13H16N2O5S. The van der Waals surface area contributed by atoms with Crippen LogP contribution in [0.15, 0.2) is 35.2 Å². The zero-order chi connectivity index (χ0) is 15.9. The molecule has 0 spiro atoms. The molecule has 1 aromatic carbocycles. The van der Waals surface area contributed by atoms with Crippen LogP contribution in [0, 0.1) is 0 Å². The van der Waals surface area contributed by atoms with Crippen molar-refractivity contribution in [3.05, 3.63) is 40.8 Å². The van der Waals surface area contributed by atoms with Crippen LogP contribution in [0.2, 0.25) is 0 Å². The first-order valence-corrected chi connectivity index (χ1v) is 7.44. The van der Waals surface area contributed by atoms with Crippen molar-refractivity contribution >= 4 is 28.1 Å². The number of nitrogens with one attached hydrogen (secondary N) is 2. The number of amides is 2. The molecule has 0 saturated carbocycles. The van der Waals surface area contributed by atoms with Gasteiger partial charge in [0.15, 0.2) is 0 Å². The topological polar surface area (TPSA) is 102 Å². The highest BCUT2D eigenvalue weighted by Gasteiger charge is 2.17. The third-order valence-corrected chi connectivity index (χ3v) is 3.86. The van der Waals surface area contributed by atoms with Gasteiger partial charge in [-0.05, 0) is 18.6 Å². The summed E-state index contributed by atoms with van der Waals surface area (Å²) in [6, 6.07) is 7.80. The number of benzene rings is 1. The van der Waals surface area contributed by atoms with E-state index in [0.717, 1.165) is 7.11 Å². The summed E-state index contributed by atoms with van der Waals surface area (Å²) in [6.45, 7) is 0.947. The number of carbonyl (C=O) groups is 2. The number of sulfonamides is 1. The third kappa shape index (κ3) is 5.65. The predicted molar refractivity (Wildman–Crippen MR) is 77.6 cm³/mol. The average Bonchev–Trinajstić information content (AvgIpc) is 2.45. The zero-order valence-electron chi connectivity index (χ0n) is 11.6. The molecule has 0 aromatic heterocycles. The second kappa shape index (κ2) is 7.44. The van der Waals surface area contributed by atoms with E-state index in [4.69, 9.17) is 0 Å². The quantitative estimate of drug-likeness (QED) is 0.785. The number of methoxy groups -OCH3 is 1. The largest absolute Gasteiger partial charge is 0.468 e. The number of urea groups is 1. The van der Waals surface area contributed by atoms with Crippen LogP contribution in [-0.2, 0) is 19.6 Å². The molecule has 2 N–H and O–H groups in total. The maximum Gasteiger partial charge on any atom is 0.329 e. The molecule has 0 radical (unpaired) electrons. The van der Waals surface area contributed by atoms with Crippen molar-refractivity contribution in [3.63, 3.8) is 0 Å². The normalized spacial score (nSPS) is 11.6. The Morgan fingerprint density at radius 2 is 1.86 bits per heavy atom. The van der Waals surface area contributed by atoms with Crippen LogP contribution in [0.5, 0.6) is 0 Å². The van der Waals surface area contributed by atoms with Gasteiger partial charge in [-0.2, -0.15) is 0 Å². The standard InChI is InChI=1S/C13H16N2O5S/c1-10(8-11-6-4-3-5-7-11)21(18,19)15-13(17)14-9-12(16)20-2/h3-8H,9H2,1-2H3,(H2,14,15,17). The Bertz CT molecular complexity index is 638. The van der Waals surface area contributed by atoms with Crippen LogP contribution in [0.25, 0.3) is 6.08 Å². The average molecular weight is 312 g/mol. The fraction of sp³-hybridized carbons (Fsp3) is 0.231. The summed E-state index contributed by atoms with van der Waals surface area (Å²) in [5.74, 6) is -0.681. The van der Waals surface area contributed by atoms with E-state index in [0.29, 0.717) is 5.56 Å². The SMILES string of the molecule is COC(=O)CNC(=O)NS(=O)(=O)C(C)=Cc1ccccc1. The van der Waals surface area contributed by atoms with Crippen LogP contribution in [0.4, 0.5) is 4.79 Å². The molecule has 0 saturated heterocycles. The van der Waals surface area contributed by atoms with Gasteiger partial charge >= 0.3 is 12.0 Å². The Morgan fingerprint density at radius 1 is 1.24 bits per heavy atom. The van der Waals surface area contributed by atoms with Crippen molar-refractivity contribution in [2.45, 2.75) is 6.92 Å². The molecule has 0 bridgehead atoms. The van der Waals surface area contributed by atoms with Crippen LogP contribution in [-0.4, -0.2) is 34.1 Å². The lowest BCUT2D eigenvalue weighted by Gasteiger charge is -2.08. The van der Waals surface area contributed by atoms with Crippen molar-refractivity contribution in [3.8, 4) is 0 Å². The van der Waals surface area contributed by atoms with Gasteiger partial charge in [-0.3, -0.25) is 4.79 Å². The van der Waals surface area contributed by atoms with Gasteiger partial charge in [0.1, 0.15) is 6.54 Å². The minimum Gasteiger partial charge on any atom is -0.468 e. The summed E-state index contributed by atoms with van der Waals surface area (Å²) in [5.41, 5.74) is 0.690. The Kier molecular flexibility index (Phi) is 5.92. The third-order valence-electron chi connectivity index (χ3n) is 2.44. The number of hydrogen-bond acceptors (Lipinski definition) is 5. The molecule has 0 atom stereocenters. The second-order valence-electron chi connectivity index (χ2n) is 4.03. The van der Waals surface area contributed by atoms with E-state index >= 15 is 0 Å². The van der Waals surface area contributed by atoms with Crippen LogP contribution < -0.4 is 10.0 Å². The van der Waals surface area contributed by atoms with Gasteiger partial charge in [0.25, 0.3) is 10.0 Å². The Morgan fingerprint density at radius 3 is 2.43 bits per heavy atom. The Hall–Kier alpha value is -2.35. The number of esters is 1. The summed E-state index contributed by atoms with van der Waals surface area (Å²) in [7, 11) is -2.81. The van der Waals surface area contributed by atoms with Crippen molar-refractivity contribution in [2.24, 2.45) is 0 Å². The molecule has 0 aliphatic carbocycles.